The first kappa shape index (κ1) is 12.4. The van der Waals surface area contributed by atoms with E-state index in [0.717, 1.165) is 5.56 Å². The SMILES string of the molecule is CCOc1cc(CN)ccc1Oc1nccn1C. The Kier molecular flexibility index (Phi) is 3.84. The van der Waals surface area contributed by atoms with E-state index in [1.54, 1.807) is 10.8 Å². The zero-order valence-corrected chi connectivity index (χ0v) is 10.6. The summed E-state index contributed by atoms with van der Waals surface area (Å²) in [6, 6.07) is 6.18. The number of rotatable bonds is 5. The van der Waals surface area contributed by atoms with Crippen LogP contribution in [-0.4, -0.2) is 16.2 Å². The number of nitrogens with zero attached hydrogens (tertiary/aromatic N) is 2. The molecule has 5 heteroatoms. The molecule has 0 saturated carbocycles. The van der Waals surface area contributed by atoms with Crippen LogP contribution in [0.2, 0.25) is 0 Å². The van der Waals surface area contributed by atoms with Gasteiger partial charge in [-0.1, -0.05) is 6.07 Å². The Bertz CT molecular complexity index is 523. The summed E-state index contributed by atoms with van der Waals surface area (Å²) in [5.74, 6) is 1.33. The van der Waals surface area contributed by atoms with Crippen LogP contribution in [0.1, 0.15) is 12.5 Å². The zero-order valence-electron chi connectivity index (χ0n) is 10.6. The minimum atomic E-state index is 0.475. The molecular formula is C13H17N3O2. The van der Waals surface area contributed by atoms with Crippen LogP contribution in [0, 0.1) is 0 Å². The molecule has 0 unspecified atom stereocenters. The molecule has 0 aliphatic rings. The van der Waals surface area contributed by atoms with Gasteiger partial charge in [0.05, 0.1) is 6.61 Å². The van der Waals surface area contributed by atoms with Gasteiger partial charge in [0, 0.05) is 26.0 Å². The van der Waals surface area contributed by atoms with E-state index in [4.69, 9.17) is 15.2 Å². The lowest BCUT2D eigenvalue weighted by Crippen LogP contribution is -2.01. The molecule has 0 bridgehead atoms. The predicted octanol–water partition coefficient (Wildman–Crippen LogP) is 2.07. The minimum absolute atomic E-state index is 0.475. The summed E-state index contributed by atoms with van der Waals surface area (Å²) in [5.41, 5.74) is 6.62. The van der Waals surface area contributed by atoms with Crippen LogP contribution in [0.25, 0.3) is 0 Å². The third kappa shape index (κ3) is 2.62. The van der Waals surface area contributed by atoms with Crippen LogP contribution < -0.4 is 15.2 Å². The van der Waals surface area contributed by atoms with Gasteiger partial charge >= 0.3 is 6.01 Å². The maximum Gasteiger partial charge on any atom is 0.301 e. The van der Waals surface area contributed by atoms with Gasteiger partial charge in [0.2, 0.25) is 0 Å². The van der Waals surface area contributed by atoms with E-state index in [9.17, 15) is 0 Å². The topological polar surface area (TPSA) is 62.3 Å². The molecule has 1 heterocycles. The molecule has 18 heavy (non-hydrogen) atoms. The molecule has 2 rings (SSSR count). The van der Waals surface area contributed by atoms with Gasteiger partial charge in [-0.05, 0) is 24.6 Å². The smallest absolute Gasteiger partial charge is 0.301 e. The fourth-order valence-electron chi connectivity index (χ4n) is 1.58. The molecule has 0 fully saturated rings. The zero-order chi connectivity index (χ0) is 13.0. The lowest BCUT2D eigenvalue weighted by atomic mass is 10.2. The molecule has 1 aromatic heterocycles. The molecular weight excluding hydrogens is 230 g/mol. The van der Waals surface area contributed by atoms with E-state index in [0.29, 0.717) is 30.7 Å². The molecule has 0 atom stereocenters. The maximum atomic E-state index is 5.72. The van der Waals surface area contributed by atoms with Gasteiger partial charge in [-0.3, -0.25) is 0 Å². The van der Waals surface area contributed by atoms with Gasteiger partial charge in [-0.15, -0.1) is 0 Å². The first-order chi connectivity index (χ1) is 8.74. The number of imidazole rings is 1. The number of aryl methyl sites for hydroxylation is 1. The van der Waals surface area contributed by atoms with Gasteiger partial charge in [-0.2, -0.15) is 0 Å². The molecule has 2 aromatic rings. The van der Waals surface area contributed by atoms with E-state index in [2.05, 4.69) is 4.98 Å². The second kappa shape index (κ2) is 5.55. The molecule has 0 amide bonds. The largest absolute Gasteiger partial charge is 0.490 e. The van der Waals surface area contributed by atoms with E-state index in [1.165, 1.54) is 0 Å². The normalized spacial score (nSPS) is 10.4. The number of hydrogen-bond acceptors (Lipinski definition) is 4. The van der Waals surface area contributed by atoms with Crippen molar-refractivity contribution in [2.24, 2.45) is 12.8 Å². The van der Waals surface area contributed by atoms with E-state index in [-0.39, 0.29) is 0 Å². The first-order valence-electron chi connectivity index (χ1n) is 5.85. The molecule has 96 valence electrons. The average molecular weight is 247 g/mol. The number of nitrogens with two attached hydrogens (primary N) is 1. The van der Waals surface area contributed by atoms with Crippen molar-refractivity contribution < 1.29 is 9.47 Å². The second-order valence-electron chi connectivity index (χ2n) is 3.84. The summed E-state index contributed by atoms with van der Waals surface area (Å²) in [7, 11) is 1.87. The number of hydrogen-bond donors (Lipinski definition) is 1. The van der Waals surface area contributed by atoms with Crippen molar-refractivity contribution >= 4 is 0 Å². The Morgan fingerprint density at radius 2 is 2.17 bits per heavy atom. The first-order valence-corrected chi connectivity index (χ1v) is 5.85. The second-order valence-corrected chi connectivity index (χ2v) is 3.84. The molecule has 0 saturated heterocycles. The molecule has 0 aliphatic heterocycles. The van der Waals surface area contributed by atoms with E-state index >= 15 is 0 Å². The standard InChI is InChI=1S/C13H17N3O2/c1-3-17-12-8-10(9-14)4-5-11(12)18-13-15-6-7-16(13)2/h4-8H,3,9,14H2,1-2H3. The van der Waals surface area contributed by atoms with Gasteiger partial charge in [0.15, 0.2) is 11.5 Å². The summed E-state index contributed by atoms with van der Waals surface area (Å²) in [5, 5.41) is 0. The van der Waals surface area contributed by atoms with Gasteiger partial charge in [0.25, 0.3) is 0 Å². The van der Waals surface area contributed by atoms with Crippen LogP contribution in [0.3, 0.4) is 0 Å². The quantitative estimate of drug-likeness (QED) is 0.878. The fourth-order valence-corrected chi connectivity index (χ4v) is 1.58. The highest BCUT2D eigenvalue weighted by Gasteiger charge is 2.09. The molecule has 0 spiro atoms. The Labute approximate surface area is 106 Å². The third-order valence-electron chi connectivity index (χ3n) is 2.52. The van der Waals surface area contributed by atoms with Crippen molar-refractivity contribution in [2.75, 3.05) is 6.61 Å². The minimum Gasteiger partial charge on any atom is -0.490 e. The molecule has 0 radical (unpaired) electrons. The average Bonchev–Trinajstić information content (AvgIpc) is 2.77. The van der Waals surface area contributed by atoms with E-state index in [1.807, 2.05) is 38.4 Å². The summed E-state index contributed by atoms with van der Waals surface area (Å²) in [6.07, 6.45) is 3.51. The maximum absolute atomic E-state index is 5.72. The highest BCUT2D eigenvalue weighted by molar-refractivity contribution is 5.44. The van der Waals surface area contributed by atoms with Crippen LogP contribution in [0.5, 0.6) is 17.5 Å². The van der Waals surface area contributed by atoms with Crippen molar-refractivity contribution in [1.82, 2.24) is 9.55 Å². The van der Waals surface area contributed by atoms with Crippen molar-refractivity contribution in [3.8, 4) is 17.5 Å². The highest BCUT2D eigenvalue weighted by Crippen LogP contribution is 2.31. The predicted molar refractivity (Wildman–Crippen MR) is 68.8 cm³/mol. The van der Waals surface area contributed by atoms with Crippen molar-refractivity contribution in [3.05, 3.63) is 36.2 Å². The summed E-state index contributed by atoms with van der Waals surface area (Å²) in [4.78, 5) is 4.12. The van der Waals surface area contributed by atoms with Crippen molar-refractivity contribution in [3.63, 3.8) is 0 Å². The Balaban J connectivity index is 2.29. The Morgan fingerprint density at radius 1 is 1.33 bits per heavy atom. The Morgan fingerprint density at radius 3 is 2.78 bits per heavy atom. The van der Waals surface area contributed by atoms with Gasteiger partial charge in [-0.25, -0.2) is 4.98 Å². The van der Waals surface area contributed by atoms with Gasteiger partial charge < -0.3 is 19.8 Å². The van der Waals surface area contributed by atoms with Crippen molar-refractivity contribution in [1.29, 1.82) is 0 Å². The van der Waals surface area contributed by atoms with Crippen LogP contribution in [-0.2, 0) is 13.6 Å². The molecule has 5 nitrogen and oxygen atoms in total. The van der Waals surface area contributed by atoms with Crippen LogP contribution in [0.15, 0.2) is 30.6 Å². The highest BCUT2D eigenvalue weighted by atomic mass is 16.5. The molecule has 2 N–H and O–H groups in total. The van der Waals surface area contributed by atoms with Crippen LogP contribution in [0.4, 0.5) is 0 Å². The summed E-state index contributed by atoms with van der Waals surface area (Å²) >= 11 is 0. The summed E-state index contributed by atoms with van der Waals surface area (Å²) < 4.78 is 13.1. The monoisotopic (exact) mass is 247 g/mol. The number of aromatic nitrogens is 2. The lowest BCUT2D eigenvalue weighted by Gasteiger charge is -2.12. The number of benzene rings is 1. The fraction of sp³-hybridized carbons (Fsp3) is 0.308. The van der Waals surface area contributed by atoms with Crippen molar-refractivity contribution in [2.45, 2.75) is 13.5 Å². The summed E-state index contributed by atoms with van der Waals surface area (Å²) in [6.45, 7) is 2.98. The third-order valence-corrected chi connectivity index (χ3v) is 2.52. The van der Waals surface area contributed by atoms with E-state index < -0.39 is 0 Å². The molecule has 1 aromatic carbocycles. The Hall–Kier alpha value is -2.01. The molecule has 0 aliphatic carbocycles. The number of ether oxygens (including phenoxy) is 2. The van der Waals surface area contributed by atoms with Gasteiger partial charge in [0.1, 0.15) is 0 Å². The van der Waals surface area contributed by atoms with Crippen LogP contribution >= 0.6 is 0 Å². The lowest BCUT2D eigenvalue weighted by molar-refractivity contribution is 0.314.